The molecule has 7 heteroatoms. The molecule has 0 saturated heterocycles. The highest BCUT2D eigenvalue weighted by molar-refractivity contribution is 9.10. The van der Waals surface area contributed by atoms with Crippen LogP contribution in [0.4, 0.5) is 0 Å². The SMILES string of the molecule is Brc1csc(CN2CCc3cnc(-c4cccnc4)nc3C2)n1. The standard InChI is InChI=1S/C16H14BrN5S/c17-14-10-23-15(21-14)9-22-5-3-11-7-19-16(20-13(11)8-22)12-2-1-4-18-6-12/h1-2,4,6-7,10H,3,5,8-9H2. The summed E-state index contributed by atoms with van der Waals surface area (Å²) in [5, 5.41) is 3.15. The second-order valence-corrected chi connectivity index (χ2v) is 7.19. The van der Waals surface area contributed by atoms with Gasteiger partial charge >= 0.3 is 0 Å². The van der Waals surface area contributed by atoms with Gasteiger partial charge in [0.1, 0.15) is 9.61 Å². The predicted octanol–water partition coefficient (Wildman–Crippen LogP) is 3.32. The average Bonchev–Trinajstić information content (AvgIpc) is 3.00. The van der Waals surface area contributed by atoms with Gasteiger partial charge in [-0.2, -0.15) is 0 Å². The van der Waals surface area contributed by atoms with Crippen LogP contribution < -0.4 is 0 Å². The molecule has 0 spiro atoms. The van der Waals surface area contributed by atoms with Gasteiger partial charge in [0.2, 0.25) is 0 Å². The van der Waals surface area contributed by atoms with Crippen molar-refractivity contribution in [3.8, 4) is 11.4 Å². The molecular weight excluding hydrogens is 374 g/mol. The van der Waals surface area contributed by atoms with Crippen LogP contribution in [0, 0.1) is 0 Å². The molecule has 5 nitrogen and oxygen atoms in total. The van der Waals surface area contributed by atoms with E-state index in [1.165, 1.54) is 5.56 Å². The van der Waals surface area contributed by atoms with Crippen molar-refractivity contribution >= 4 is 27.3 Å². The lowest BCUT2D eigenvalue weighted by Gasteiger charge is -2.27. The highest BCUT2D eigenvalue weighted by atomic mass is 79.9. The van der Waals surface area contributed by atoms with Crippen LogP contribution in [0.15, 0.2) is 40.7 Å². The second-order valence-electron chi connectivity index (χ2n) is 5.43. The quantitative estimate of drug-likeness (QED) is 0.689. The van der Waals surface area contributed by atoms with E-state index in [4.69, 9.17) is 4.98 Å². The van der Waals surface area contributed by atoms with Gasteiger partial charge in [0.15, 0.2) is 5.82 Å². The minimum Gasteiger partial charge on any atom is -0.290 e. The van der Waals surface area contributed by atoms with Gasteiger partial charge in [-0.3, -0.25) is 9.88 Å². The Bertz CT molecular complexity index is 820. The first-order valence-electron chi connectivity index (χ1n) is 7.35. The van der Waals surface area contributed by atoms with Gasteiger partial charge in [-0.1, -0.05) is 0 Å². The van der Waals surface area contributed by atoms with E-state index in [0.717, 1.165) is 52.7 Å². The van der Waals surface area contributed by atoms with Crippen LogP contribution in [0.25, 0.3) is 11.4 Å². The predicted molar refractivity (Wildman–Crippen MR) is 92.9 cm³/mol. The van der Waals surface area contributed by atoms with E-state index in [1.807, 2.05) is 23.7 Å². The normalized spacial score (nSPS) is 14.7. The Hall–Kier alpha value is -1.70. The van der Waals surface area contributed by atoms with Crippen LogP contribution in [0.3, 0.4) is 0 Å². The maximum atomic E-state index is 4.76. The fourth-order valence-corrected chi connectivity index (χ4v) is 3.98. The van der Waals surface area contributed by atoms with Gasteiger partial charge in [0.05, 0.1) is 12.2 Å². The third kappa shape index (κ3) is 3.31. The molecule has 0 fully saturated rings. The Labute approximate surface area is 146 Å². The third-order valence-corrected chi connectivity index (χ3v) is 5.37. The zero-order valence-electron chi connectivity index (χ0n) is 12.3. The van der Waals surface area contributed by atoms with E-state index in [2.05, 4.69) is 35.8 Å². The lowest BCUT2D eigenvalue weighted by atomic mass is 10.1. The number of hydrogen-bond donors (Lipinski definition) is 0. The van der Waals surface area contributed by atoms with Gasteiger partial charge < -0.3 is 0 Å². The molecule has 0 amide bonds. The Morgan fingerprint density at radius 1 is 1.26 bits per heavy atom. The monoisotopic (exact) mass is 387 g/mol. The molecule has 0 radical (unpaired) electrons. The number of aromatic nitrogens is 4. The largest absolute Gasteiger partial charge is 0.290 e. The van der Waals surface area contributed by atoms with Crippen LogP contribution in [-0.2, 0) is 19.5 Å². The summed E-state index contributed by atoms with van der Waals surface area (Å²) in [5.74, 6) is 0.746. The minimum absolute atomic E-state index is 0.746. The summed E-state index contributed by atoms with van der Waals surface area (Å²) in [6.45, 7) is 2.71. The number of rotatable bonds is 3. The summed E-state index contributed by atoms with van der Waals surface area (Å²) in [6, 6.07) is 3.90. The zero-order valence-corrected chi connectivity index (χ0v) is 14.7. The first-order chi connectivity index (χ1) is 11.3. The molecule has 1 aliphatic rings. The van der Waals surface area contributed by atoms with Crippen molar-refractivity contribution < 1.29 is 0 Å². The Kier molecular flexibility index (Phi) is 4.15. The maximum absolute atomic E-state index is 4.76. The van der Waals surface area contributed by atoms with Crippen LogP contribution in [-0.4, -0.2) is 31.4 Å². The Morgan fingerprint density at radius 2 is 2.22 bits per heavy atom. The number of pyridine rings is 1. The highest BCUT2D eigenvalue weighted by Gasteiger charge is 2.20. The van der Waals surface area contributed by atoms with E-state index >= 15 is 0 Å². The van der Waals surface area contributed by atoms with Crippen molar-refractivity contribution in [3.63, 3.8) is 0 Å². The molecule has 23 heavy (non-hydrogen) atoms. The molecule has 0 saturated carbocycles. The lowest BCUT2D eigenvalue weighted by molar-refractivity contribution is 0.241. The molecule has 3 aromatic heterocycles. The van der Waals surface area contributed by atoms with Crippen molar-refractivity contribution in [2.45, 2.75) is 19.5 Å². The summed E-state index contributed by atoms with van der Waals surface area (Å²) in [7, 11) is 0. The topological polar surface area (TPSA) is 54.8 Å². The summed E-state index contributed by atoms with van der Waals surface area (Å²) in [6.07, 6.45) is 6.50. The average molecular weight is 388 g/mol. The first-order valence-corrected chi connectivity index (χ1v) is 9.02. The minimum atomic E-state index is 0.746. The Balaban J connectivity index is 1.56. The molecule has 0 N–H and O–H groups in total. The summed E-state index contributed by atoms with van der Waals surface area (Å²) in [5.41, 5.74) is 3.31. The zero-order chi connectivity index (χ0) is 15.6. The number of halogens is 1. The van der Waals surface area contributed by atoms with Gasteiger partial charge in [-0.05, 0) is 40.0 Å². The van der Waals surface area contributed by atoms with Gasteiger partial charge in [0, 0.05) is 42.6 Å². The molecule has 0 aromatic carbocycles. The van der Waals surface area contributed by atoms with Crippen molar-refractivity contribution in [1.82, 2.24) is 24.8 Å². The molecule has 0 unspecified atom stereocenters. The number of fused-ring (bicyclic) bond motifs is 1. The van der Waals surface area contributed by atoms with E-state index in [-0.39, 0.29) is 0 Å². The molecule has 0 atom stereocenters. The van der Waals surface area contributed by atoms with Gasteiger partial charge in [-0.15, -0.1) is 11.3 Å². The van der Waals surface area contributed by atoms with E-state index in [1.54, 1.807) is 23.7 Å². The number of thiazole rings is 1. The Morgan fingerprint density at radius 3 is 3.00 bits per heavy atom. The molecular formula is C16H14BrN5S. The summed E-state index contributed by atoms with van der Waals surface area (Å²) < 4.78 is 0.913. The van der Waals surface area contributed by atoms with Crippen molar-refractivity contribution in [2.75, 3.05) is 6.54 Å². The maximum Gasteiger partial charge on any atom is 0.160 e. The fourth-order valence-electron chi connectivity index (χ4n) is 2.68. The number of hydrogen-bond acceptors (Lipinski definition) is 6. The van der Waals surface area contributed by atoms with Gasteiger partial charge in [-0.25, -0.2) is 15.0 Å². The van der Waals surface area contributed by atoms with E-state index < -0.39 is 0 Å². The van der Waals surface area contributed by atoms with Gasteiger partial charge in [0.25, 0.3) is 0 Å². The molecule has 0 aliphatic carbocycles. The summed E-state index contributed by atoms with van der Waals surface area (Å²) >= 11 is 5.10. The molecule has 3 aromatic rings. The van der Waals surface area contributed by atoms with Crippen LogP contribution in [0.5, 0.6) is 0 Å². The molecule has 4 heterocycles. The smallest absolute Gasteiger partial charge is 0.160 e. The van der Waals surface area contributed by atoms with E-state index in [9.17, 15) is 0 Å². The van der Waals surface area contributed by atoms with Crippen molar-refractivity contribution in [2.24, 2.45) is 0 Å². The molecule has 4 rings (SSSR count). The van der Waals surface area contributed by atoms with E-state index in [0.29, 0.717) is 0 Å². The summed E-state index contributed by atoms with van der Waals surface area (Å²) in [4.78, 5) is 20.3. The lowest BCUT2D eigenvalue weighted by Crippen LogP contribution is -2.31. The van der Waals surface area contributed by atoms with Crippen molar-refractivity contribution in [1.29, 1.82) is 0 Å². The van der Waals surface area contributed by atoms with Crippen molar-refractivity contribution in [3.05, 3.63) is 57.0 Å². The van der Waals surface area contributed by atoms with Crippen LogP contribution in [0.2, 0.25) is 0 Å². The second kappa shape index (κ2) is 6.43. The highest BCUT2D eigenvalue weighted by Crippen LogP contribution is 2.23. The first kappa shape index (κ1) is 14.9. The molecule has 0 bridgehead atoms. The van der Waals surface area contributed by atoms with Crippen LogP contribution in [0.1, 0.15) is 16.3 Å². The molecule has 1 aliphatic heterocycles. The fraction of sp³-hybridized carbons (Fsp3) is 0.250. The molecule has 116 valence electrons. The number of nitrogens with zero attached hydrogens (tertiary/aromatic N) is 5. The van der Waals surface area contributed by atoms with Crippen LogP contribution >= 0.6 is 27.3 Å². The third-order valence-electron chi connectivity index (χ3n) is 3.83.